The van der Waals surface area contributed by atoms with Gasteiger partial charge in [0, 0.05) is 54.3 Å². The summed E-state index contributed by atoms with van der Waals surface area (Å²) < 4.78 is 0. The molecule has 1 aliphatic rings. The zero-order valence-electron chi connectivity index (χ0n) is 15.3. The molecule has 0 spiro atoms. The molecule has 1 aromatic heterocycles. The van der Waals surface area contributed by atoms with Crippen molar-refractivity contribution >= 4 is 17.3 Å². The Bertz CT molecular complexity index is 1140. The average molecular weight is 413 g/mol. The summed E-state index contributed by atoms with van der Waals surface area (Å²) in [6.45, 7) is 1.26. The van der Waals surface area contributed by atoms with E-state index in [1.54, 1.807) is 24.3 Å². The Balaban J connectivity index is 1.58. The molecular weight excluding hydrogens is 396 g/mol. The largest absolute Gasteiger partial charge is 0.508 e. The van der Waals surface area contributed by atoms with Gasteiger partial charge >= 0.3 is 0 Å². The fraction of sp³-hybridized carbons (Fsp3) is 0.200. The standard InChI is InChI=1S/C20H17ClN4O4/c21-14-3-1-12(2-4-14)19-22-17-7-8-24(11-16(17)20(27)23-19)10-13-9-15(25(28)29)5-6-18(13)26/h1-6,9,26H,7-8,10-11H2,(H,22,23,27). The molecule has 2 N–H and O–H groups in total. The zero-order valence-corrected chi connectivity index (χ0v) is 16.0. The molecule has 148 valence electrons. The van der Waals surface area contributed by atoms with Crippen molar-refractivity contribution in [3.05, 3.63) is 84.8 Å². The van der Waals surface area contributed by atoms with E-state index in [1.165, 1.54) is 18.2 Å². The molecule has 0 aliphatic carbocycles. The van der Waals surface area contributed by atoms with E-state index in [0.717, 1.165) is 11.3 Å². The minimum Gasteiger partial charge on any atom is -0.508 e. The molecule has 0 unspecified atom stereocenters. The predicted octanol–water partition coefficient (Wildman–Crippen LogP) is 3.26. The molecule has 1 aliphatic heterocycles. The highest BCUT2D eigenvalue weighted by atomic mass is 35.5. The number of halogens is 1. The maximum absolute atomic E-state index is 12.6. The van der Waals surface area contributed by atoms with Crippen LogP contribution >= 0.6 is 11.6 Å². The Labute approximate surface area is 170 Å². The van der Waals surface area contributed by atoms with Gasteiger partial charge in [-0.3, -0.25) is 19.8 Å². The van der Waals surface area contributed by atoms with Crippen LogP contribution in [0.3, 0.4) is 0 Å². The fourth-order valence-electron chi connectivity index (χ4n) is 3.41. The maximum atomic E-state index is 12.6. The van der Waals surface area contributed by atoms with E-state index in [9.17, 15) is 20.0 Å². The van der Waals surface area contributed by atoms with Gasteiger partial charge in [0.2, 0.25) is 0 Å². The van der Waals surface area contributed by atoms with E-state index in [-0.39, 0.29) is 17.0 Å². The molecule has 9 heteroatoms. The van der Waals surface area contributed by atoms with Crippen LogP contribution in [0.1, 0.15) is 16.8 Å². The van der Waals surface area contributed by atoms with Gasteiger partial charge in [0.25, 0.3) is 11.2 Å². The van der Waals surface area contributed by atoms with Gasteiger partial charge in [-0.2, -0.15) is 0 Å². The summed E-state index contributed by atoms with van der Waals surface area (Å²) in [7, 11) is 0. The van der Waals surface area contributed by atoms with Gasteiger partial charge in [0.1, 0.15) is 11.6 Å². The molecule has 2 aromatic carbocycles. The number of rotatable bonds is 4. The Morgan fingerprint density at radius 3 is 2.72 bits per heavy atom. The summed E-state index contributed by atoms with van der Waals surface area (Å²) in [5, 5.41) is 21.6. The highest BCUT2D eigenvalue weighted by molar-refractivity contribution is 6.30. The van der Waals surface area contributed by atoms with Gasteiger partial charge in [-0.15, -0.1) is 0 Å². The van der Waals surface area contributed by atoms with Gasteiger partial charge in [-0.05, 0) is 30.3 Å². The number of phenols is 1. The van der Waals surface area contributed by atoms with Gasteiger partial charge in [-0.25, -0.2) is 4.98 Å². The molecule has 3 aromatic rings. The number of nitrogens with one attached hydrogen (secondary N) is 1. The van der Waals surface area contributed by atoms with Crippen molar-refractivity contribution in [2.24, 2.45) is 0 Å². The first-order valence-electron chi connectivity index (χ1n) is 8.97. The molecule has 0 saturated heterocycles. The van der Waals surface area contributed by atoms with Crippen LogP contribution in [0.25, 0.3) is 11.4 Å². The number of nitro groups is 1. The third-order valence-electron chi connectivity index (χ3n) is 4.93. The first kappa shape index (κ1) is 19.1. The number of nitrogens with zero attached hydrogens (tertiary/aromatic N) is 3. The zero-order chi connectivity index (χ0) is 20.5. The Morgan fingerprint density at radius 2 is 2.00 bits per heavy atom. The fourth-order valence-corrected chi connectivity index (χ4v) is 3.54. The van der Waals surface area contributed by atoms with Crippen LogP contribution in [0, 0.1) is 10.1 Å². The van der Waals surface area contributed by atoms with Crippen LogP contribution < -0.4 is 5.56 Å². The third kappa shape index (κ3) is 3.98. The minimum atomic E-state index is -0.499. The number of aromatic nitrogens is 2. The lowest BCUT2D eigenvalue weighted by atomic mass is 10.0. The van der Waals surface area contributed by atoms with Crippen LogP contribution in [0.15, 0.2) is 47.3 Å². The lowest BCUT2D eigenvalue weighted by Crippen LogP contribution is -2.35. The number of fused-ring (bicyclic) bond motifs is 1. The van der Waals surface area contributed by atoms with Crippen molar-refractivity contribution in [3.8, 4) is 17.1 Å². The van der Waals surface area contributed by atoms with E-state index in [0.29, 0.717) is 48.0 Å². The van der Waals surface area contributed by atoms with Gasteiger partial charge in [0.05, 0.1) is 16.2 Å². The second-order valence-corrected chi connectivity index (χ2v) is 7.31. The molecule has 0 fully saturated rings. The highest BCUT2D eigenvalue weighted by Gasteiger charge is 2.23. The number of H-pyrrole nitrogens is 1. The number of aromatic hydroxyl groups is 1. The van der Waals surface area contributed by atoms with Gasteiger partial charge in [0.15, 0.2) is 0 Å². The molecule has 0 atom stereocenters. The summed E-state index contributed by atoms with van der Waals surface area (Å²) >= 11 is 5.91. The van der Waals surface area contributed by atoms with Crippen LogP contribution in [0.2, 0.25) is 5.02 Å². The summed E-state index contributed by atoms with van der Waals surface area (Å²) in [5.74, 6) is 0.488. The van der Waals surface area contributed by atoms with E-state index >= 15 is 0 Å². The first-order valence-corrected chi connectivity index (χ1v) is 9.35. The molecule has 0 radical (unpaired) electrons. The van der Waals surface area contributed by atoms with Crippen molar-refractivity contribution in [1.82, 2.24) is 14.9 Å². The van der Waals surface area contributed by atoms with Crippen molar-refractivity contribution in [2.45, 2.75) is 19.5 Å². The molecule has 0 bridgehead atoms. The maximum Gasteiger partial charge on any atom is 0.270 e. The molecule has 2 heterocycles. The van der Waals surface area contributed by atoms with Crippen molar-refractivity contribution in [1.29, 1.82) is 0 Å². The summed E-state index contributed by atoms with van der Waals surface area (Å²) in [4.78, 5) is 32.5. The number of aromatic amines is 1. The third-order valence-corrected chi connectivity index (χ3v) is 5.19. The Morgan fingerprint density at radius 1 is 1.24 bits per heavy atom. The van der Waals surface area contributed by atoms with E-state index in [1.807, 2.05) is 4.90 Å². The normalized spacial score (nSPS) is 13.8. The van der Waals surface area contributed by atoms with Crippen LogP contribution in [-0.4, -0.2) is 31.4 Å². The van der Waals surface area contributed by atoms with Crippen LogP contribution in [0.4, 0.5) is 5.69 Å². The second-order valence-electron chi connectivity index (χ2n) is 6.88. The number of hydrogen-bond donors (Lipinski definition) is 2. The summed E-state index contributed by atoms with van der Waals surface area (Å²) in [6, 6.07) is 11.0. The lowest BCUT2D eigenvalue weighted by molar-refractivity contribution is -0.385. The number of nitro benzene ring substituents is 1. The molecule has 0 amide bonds. The quantitative estimate of drug-likeness (QED) is 0.502. The highest BCUT2D eigenvalue weighted by Crippen LogP contribution is 2.26. The Hall–Kier alpha value is -3.23. The monoisotopic (exact) mass is 412 g/mol. The van der Waals surface area contributed by atoms with Gasteiger partial charge in [-0.1, -0.05) is 11.6 Å². The van der Waals surface area contributed by atoms with Crippen molar-refractivity contribution in [3.63, 3.8) is 0 Å². The average Bonchev–Trinajstić information content (AvgIpc) is 2.70. The number of benzene rings is 2. The lowest BCUT2D eigenvalue weighted by Gasteiger charge is -2.27. The number of hydrogen-bond acceptors (Lipinski definition) is 6. The topological polar surface area (TPSA) is 112 Å². The van der Waals surface area contributed by atoms with Crippen LogP contribution in [0.5, 0.6) is 5.75 Å². The molecule has 29 heavy (non-hydrogen) atoms. The van der Waals surface area contributed by atoms with Crippen molar-refractivity contribution in [2.75, 3.05) is 6.54 Å². The first-order chi connectivity index (χ1) is 13.9. The SMILES string of the molecule is O=c1[nH]c(-c2ccc(Cl)cc2)nc2c1CN(Cc1cc([N+](=O)[O-])ccc1O)CC2. The Kier molecular flexibility index (Phi) is 5.04. The second kappa shape index (κ2) is 7.65. The van der Waals surface area contributed by atoms with E-state index in [2.05, 4.69) is 9.97 Å². The summed E-state index contributed by atoms with van der Waals surface area (Å²) in [5.41, 5.74) is 2.23. The molecular formula is C20H17ClN4O4. The molecule has 0 saturated carbocycles. The minimum absolute atomic E-state index is 0.00785. The van der Waals surface area contributed by atoms with E-state index in [4.69, 9.17) is 11.6 Å². The van der Waals surface area contributed by atoms with Crippen LogP contribution in [-0.2, 0) is 19.5 Å². The number of phenolic OH excluding ortho intramolecular Hbond substituents is 1. The molecule has 4 rings (SSSR count). The van der Waals surface area contributed by atoms with E-state index < -0.39 is 4.92 Å². The van der Waals surface area contributed by atoms with Gasteiger partial charge < -0.3 is 10.1 Å². The summed E-state index contributed by atoms with van der Waals surface area (Å²) in [6.07, 6.45) is 0.565. The smallest absolute Gasteiger partial charge is 0.270 e. The molecule has 8 nitrogen and oxygen atoms in total. The number of non-ortho nitro benzene ring substituents is 1. The predicted molar refractivity (Wildman–Crippen MR) is 108 cm³/mol. The van der Waals surface area contributed by atoms with Crippen molar-refractivity contribution < 1.29 is 10.0 Å².